The molecule has 0 saturated carbocycles. The number of anilines is 1. The van der Waals surface area contributed by atoms with Gasteiger partial charge < -0.3 is 10.6 Å². The van der Waals surface area contributed by atoms with Crippen molar-refractivity contribution in [1.29, 1.82) is 0 Å². The number of nitrogens with zero attached hydrogens (tertiary/aromatic N) is 2. The summed E-state index contributed by atoms with van der Waals surface area (Å²) in [7, 11) is 0. The fraction of sp³-hybridized carbons (Fsp3) is 0.545. The fourth-order valence-electron chi connectivity index (χ4n) is 1.12. The van der Waals surface area contributed by atoms with Crippen molar-refractivity contribution in [3.8, 4) is 0 Å². The van der Waals surface area contributed by atoms with E-state index < -0.39 is 0 Å². The zero-order valence-corrected chi connectivity index (χ0v) is 9.90. The van der Waals surface area contributed by atoms with Crippen molar-refractivity contribution >= 4 is 11.7 Å². The van der Waals surface area contributed by atoms with Crippen molar-refractivity contribution in [2.75, 3.05) is 11.9 Å². The Labute approximate surface area is 95.7 Å². The number of hydrogen-bond acceptors (Lipinski definition) is 4. The van der Waals surface area contributed by atoms with Crippen molar-refractivity contribution in [3.63, 3.8) is 0 Å². The Bertz CT molecular complexity index is 326. The van der Waals surface area contributed by atoms with Gasteiger partial charge in [0.15, 0.2) is 0 Å². The minimum absolute atomic E-state index is 0.0210. The van der Waals surface area contributed by atoms with E-state index in [4.69, 9.17) is 0 Å². The van der Waals surface area contributed by atoms with E-state index in [9.17, 15) is 4.79 Å². The van der Waals surface area contributed by atoms with Crippen molar-refractivity contribution in [2.45, 2.75) is 26.8 Å². The van der Waals surface area contributed by atoms with E-state index in [1.807, 2.05) is 0 Å². The number of nitrogens with one attached hydrogen (secondary N) is 2. The van der Waals surface area contributed by atoms with Gasteiger partial charge in [0.2, 0.25) is 5.91 Å². The van der Waals surface area contributed by atoms with Crippen LogP contribution in [0.3, 0.4) is 0 Å². The highest BCUT2D eigenvalue weighted by molar-refractivity contribution is 5.83. The maximum atomic E-state index is 11.6. The second-order valence-corrected chi connectivity index (χ2v) is 4.10. The number of aromatic nitrogens is 2. The number of carbonyl (C=O) groups excluding carboxylic acids is 1. The first-order valence-corrected chi connectivity index (χ1v) is 5.40. The van der Waals surface area contributed by atoms with Crippen molar-refractivity contribution in [1.82, 2.24) is 15.3 Å². The molecule has 0 radical (unpaired) electrons. The lowest BCUT2D eigenvalue weighted by atomic mass is 10.2. The molecular formula is C11H18N4O. The third-order valence-electron chi connectivity index (χ3n) is 2.02. The van der Waals surface area contributed by atoms with Crippen LogP contribution in [-0.4, -0.2) is 28.5 Å². The van der Waals surface area contributed by atoms with Gasteiger partial charge in [0.1, 0.15) is 18.2 Å². The van der Waals surface area contributed by atoms with Gasteiger partial charge in [-0.2, -0.15) is 0 Å². The van der Waals surface area contributed by atoms with Gasteiger partial charge in [0, 0.05) is 12.7 Å². The first-order chi connectivity index (χ1) is 7.59. The molecule has 1 atom stereocenters. The van der Waals surface area contributed by atoms with Crippen LogP contribution in [0.25, 0.3) is 0 Å². The largest absolute Gasteiger partial charge is 0.359 e. The van der Waals surface area contributed by atoms with E-state index in [0.717, 1.165) is 0 Å². The van der Waals surface area contributed by atoms with E-state index >= 15 is 0 Å². The van der Waals surface area contributed by atoms with E-state index in [1.54, 1.807) is 19.2 Å². The SMILES string of the molecule is CC(C)CNC(=O)C(C)Nc1ccncn1. The molecule has 16 heavy (non-hydrogen) atoms. The average Bonchev–Trinajstić information content (AvgIpc) is 2.27. The first kappa shape index (κ1) is 12.4. The molecule has 0 aliphatic heterocycles. The highest BCUT2D eigenvalue weighted by Crippen LogP contribution is 2.01. The van der Waals surface area contributed by atoms with Crippen LogP contribution in [0.1, 0.15) is 20.8 Å². The Morgan fingerprint density at radius 2 is 2.19 bits per heavy atom. The molecule has 0 aromatic carbocycles. The van der Waals surface area contributed by atoms with E-state index in [0.29, 0.717) is 18.3 Å². The molecule has 1 aromatic heterocycles. The zero-order chi connectivity index (χ0) is 12.0. The molecule has 5 heteroatoms. The molecular weight excluding hydrogens is 204 g/mol. The number of carbonyl (C=O) groups is 1. The molecule has 1 aromatic rings. The highest BCUT2D eigenvalue weighted by atomic mass is 16.2. The second-order valence-electron chi connectivity index (χ2n) is 4.10. The van der Waals surface area contributed by atoms with Gasteiger partial charge in [-0.1, -0.05) is 13.8 Å². The zero-order valence-electron chi connectivity index (χ0n) is 9.90. The van der Waals surface area contributed by atoms with Crippen LogP contribution >= 0.6 is 0 Å². The first-order valence-electron chi connectivity index (χ1n) is 5.40. The summed E-state index contributed by atoms with van der Waals surface area (Å²) in [6.45, 7) is 6.61. The second kappa shape index (κ2) is 6.05. The third kappa shape index (κ3) is 4.25. The van der Waals surface area contributed by atoms with Crippen LogP contribution in [-0.2, 0) is 4.79 Å². The molecule has 1 amide bonds. The predicted molar refractivity (Wildman–Crippen MR) is 63.0 cm³/mol. The van der Waals surface area contributed by atoms with E-state index in [1.165, 1.54) is 6.33 Å². The molecule has 0 spiro atoms. The van der Waals surface area contributed by atoms with Crippen molar-refractivity contribution < 1.29 is 4.79 Å². The smallest absolute Gasteiger partial charge is 0.242 e. The maximum Gasteiger partial charge on any atom is 0.242 e. The summed E-state index contributed by atoms with van der Waals surface area (Å²) in [4.78, 5) is 19.4. The number of hydrogen-bond donors (Lipinski definition) is 2. The minimum Gasteiger partial charge on any atom is -0.359 e. The van der Waals surface area contributed by atoms with E-state index in [-0.39, 0.29) is 11.9 Å². The lowest BCUT2D eigenvalue weighted by molar-refractivity contribution is -0.121. The molecule has 0 aliphatic carbocycles. The van der Waals surface area contributed by atoms with Gasteiger partial charge in [-0.3, -0.25) is 4.79 Å². The van der Waals surface area contributed by atoms with Crippen LogP contribution in [0, 0.1) is 5.92 Å². The molecule has 1 rings (SSSR count). The molecule has 5 nitrogen and oxygen atoms in total. The summed E-state index contributed by atoms with van der Waals surface area (Å²) in [5.74, 6) is 1.09. The van der Waals surface area contributed by atoms with Gasteiger partial charge in [0.05, 0.1) is 0 Å². The Morgan fingerprint density at radius 3 is 2.75 bits per heavy atom. The summed E-state index contributed by atoms with van der Waals surface area (Å²) in [6.07, 6.45) is 3.08. The topological polar surface area (TPSA) is 66.9 Å². The van der Waals surface area contributed by atoms with Gasteiger partial charge in [-0.25, -0.2) is 9.97 Å². The van der Waals surface area contributed by atoms with Gasteiger partial charge in [-0.15, -0.1) is 0 Å². The van der Waals surface area contributed by atoms with Gasteiger partial charge in [0.25, 0.3) is 0 Å². The molecule has 0 aliphatic rings. The van der Waals surface area contributed by atoms with Crippen molar-refractivity contribution in [2.24, 2.45) is 5.92 Å². The molecule has 0 saturated heterocycles. The standard InChI is InChI=1S/C11H18N4O/c1-8(2)6-13-11(16)9(3)15-10-4-5-12-7-14-10/h4-5,7-9H,6H2,1-3H3,(H,13,16)(H,12,14,15). The van der Waals surface area contributed by atoms with Crippen LogP contribution in [0.4, 0.5) is 5.82 Å². The van der Waals surface area contributed by atoms with Crippen molar-refractivity contribution in [3.05, 3.63) is 18.6 Å². The summed E-state index contributed by atoms with van der Waals surface area (Å²) < 4.78 is 0. The normalized spacial score (nSPS) is 12.2. The summed E-state index contributed by atoms with van der Waals surface area (Å²) in [5.41, 5.74) is 0. The Morgan fingerprint density at radius 1 is 1.44 bits per heavy atom. The maximum absolute atomic E-state index is 11.6. The molecule has 2 N–H and O–H groups in total. The van der Waals surface area contributed by atoms with Crippen LogP contribution < -0.4 is 10.6 Å². The lowest BCUT2D eigenvalue weighted by Gasteiger charge is -2.15. The predicted octanol–water partition coefficient (Wildman–Crippen LogP) is 1.05. The van der Waals surface area contributed by atoms with Crippen LogP contribution in [0.5, 0.6) is 0 Å². The summed E-state index contributed by atoms with van der Waals surface area (Å²) in [5, 5.41) is 5.86. The average molecular weight is 222 g/mol. The monoisotopic (exact) mass is 222 g/mol. The number of amides is 1. The van der Waals surface area contributed by atoms with Gasteiger partial charge in [-0.05, 0) is 18.9 Å². The molecule has 0 fully saturated rings. The molecule has 1 unspecified atom stereocenters. The van der Waals surface area contributed by atoms with Crippen LogP contribution in [0.2, 0.25) is 0 Å². The van der Waals surface area contributed by atoms with Crippen LogP contribution in [0.15, 0.2) is 18.6 Å². The Kier molecular flexibility index (Phi) is 4.69. The van der Waals surface area contributed by atoms with E-state index in [2.05, 4.69) is 34.4 Å². The minimum atomic E-state index is -0.298. The Balaban J connectivity index is 2.40. The summed E-state index contributed by atoms with van der Waals surface area (Å²) in [6, 6.07) is 1.43. The molecule has 1 heterocycles. The number of rotatable bonds is 5. The third-order valence-corrected chi connectivity index (χ3v) is 2.02. The quantitative estimate of drug-likeness (QED) is 0.781. The molecule has 0 bridgehead atoms. The van der Waals surface area contributed by atoms with Gasteiger partial charge >= 0.3 is 0 Å². The summed E-state index contributed by atoms with van der Waals surface area (Å²) >= 11 is 0. The Hall–Kier alpha value is -1.65. The fourth-order valence-corrected chi connectivity index (χ4v) is 1.12. The molecule has 88 valence electrons. The lowest BCUT2D eigenvalue weighted by Crippen LogP contribution is -2.39. The highest BCUT2D eigenvalue weighted by Gasteiger charge is 2.12.